The van der Waals surface area contributed by atoms with Crippen molar-refractivity contribution < 1.29 is 17.6 Å². The van der Waals surface area contributed by atoms with Crippen molar-refractivity contribution in [1.82, 2.24) is 0 Å². The third kappa shape index (κ3) is 2.79. The molecule has 0 fully saturated rings. The van der Waals surface area contributed by atoms with Crippen molar-refractivity contribution in [3.63, 3.8) is 0 Å². The highest BCUT2D eigenvalue weighted by Crippen LogP contribution is 2.36. The van der Waals surface area contributed by atoms with Gasteiger partial charge in [-0.1, -0.05) is 17.7 Å². The maximum Gasteiger partial charge on any atom is 0.416 e. The number of furan rings is 1. The molecule has 0 aliphatic rings. The lowest BCUT2D eigenvalue weighted by Crippen LogP contribution is -2.11. The fraction of sp³-hybridized carbons (Fsp3) is 0.143. The van der Waals surface area contributed by atoms with Crippen molar-refractivity contribution in [1.29, 1.82) is 0 Å². The lowest BCUT2D eigenvalue weighted by Gasteiger charge is -2.21. The minimum atomic E-state index is -4.36. The third-order valence-electron chi connectivity index (χ3n) is 4.56. The molecule has 3 aromatic carbocycles. The molecule has 0 amide bonds. The Labute approximate surface area is 148 Å². The van der Waals surface area contributed by atoms with E-state index in [1.54, 1.807) is 18.0 Å². The highest BCUT2D eigenvalue weighted by Gasteiger charge is 2.30. The number of aryl methyl sites for hydroxylation is 1. The molecular weight excluding hydrogens is 339 g/mol. The second kappa shape index (κ2) is 5.80. The quantitative estimate of drug-likeness (QED) is 0.399. The maximum atomic E-state index is 13.0. The van der Waals surface area contributed by atoms with Crippen LogP contribution in [0.4, 0.5) is 24.5 Å². The van der Waals surface area contributed by atoms with Crippen LogP contribution in [-0.4, -0.2) is 7.05 Å². The van der Waals surface area contributed by atoms with E-state index in [2.05, 4.69) is 6.07 Å². The highest BCUT2D eigenvalue weighted by molar-refractivity contribution is 6.06. The lowest BCUT2D eigenvalue weighted by molar-refractivity contribution is -0.137. The first kappa shape index (κ1) is 16.5. The van der Waals surface area contributed by atoms with E-state index in [0.29, 0.717) is 5.69 Å². The van der Waals surface area contributed by atoms with Gasteiger partial charge in [-0.25, -0.2) is 0 Å². The molecular formula is C21H16F3NO. The summed E-state index contributed by atoms with van der Waals surface area (Å²) in [7, 11) is 1.75. The fourth-order valence-corrected chi connectivity index (χ4v) is 3.13. The summed E-state index contributed by atoms with van der Waals surface area (Å²) in [5.74, 6) is 0. The van der Waals surface area contributed by atoms with Gasteiger partial charge in [-0.15, -0.1) is 0 Å². The molecule has 4 aromatic rings. The first-order valence-electron chi connectivity index (χ1n) is 8.17. The van der Waals surface area contributed by atoms with Gasteiger partial charge < -0.3 is 9.32 Å². The molecule has 0 aliphatic carbocycles. The molecule has 5 heteroatoms. The van der Waals surface area contributed by atoms with Crippen molar-refractivity contribution in [3.8, 4) is 0 Å². The lowest BCUT2D eigenvalue weighted by atomic mass is 10.1. The van der Waals surface area contributed by atoms with E-state index >= 15 is 0 Å². The van der Waals surface area contributed by atoms with E-state index in [4.69, 9.17) is 4.42 Å². The summed E-state index contributed by atoms with van der Waals surface area (Å²) in [6.07, 6.45) is -4.36. The van der Waals surface area contributed by atoms with Gasteiger partial charge in [0.05, 0.1) is 5.56 Å². The van der Waals surface area contributed by atoms with Gasteiger partial charge in [-0.2, -0.15) is 13.2 Å². The topological polar surface area (TPSA) is 16.4 Å². The minimum Gasteiger partial charge on any atom is -0.456 e. The average molecular weight is 355 g/mol. The maximum absolute atomic E-state index is 13.0. The normalized spacial score (nSPS) is 12.0. The van der Waals surface area contributed by atoms with Crippen LogP contribution in [0, 0.1) is 6.92 Å². The van der Waals surface area contributed by atoms with Gasteiger partial charge in [0.2, 0.25) is 0 Å². The van der Waals surface area contributed by atoms with E-state index in [1.807, 2.05) is 37.3 Å². The number of alkyl halides is 3. The van der Waals surface area contributed by atoms with Gasteiger partial charge in [0.25, 0.3) is 0 Å². The summed E-state index contributed by atoms with van der Waals surface area (Å²) < 4.78 is 44.8. The summed E-state index contributed by atoms with van der Waals surface area (Å²) in [5, 5.41) is 1.94. The average Bonchev–Trinajstić information content (AvgIpc) is 2.97. The number of nitrogens with zero attached hydrogens (tertiary/aromatic N) is 1. The molecule has 0 bridgehead atoms. The van der Waals surface area contributed by atoms with Gasteiger partial charge >= 0.3 is 6.18 Å². The number of rotatable bonds is 2. The molecule has 26 heavy (non-hydrogen) atoms. The molecule has 0 atom stereocenters. The van der Waals surface area contributed by atoms with E-state index in [-0.39, 0.29) is 0 Å². The number of anilines is 2. The Morgan fingerprint density at radius 3 is 2.19 bits per heavy atom. The van der Waals surface area contributed by atoms with Crippen LogP contribution < -0.4 is 4.90 Å². The van der Waals surface area contributed by atoms with E-state index in [9.17, 15) is 13.2 Å². The summed E-state index contributed by atoms with van der Waals surface area (Å²) in [4.78, 5) is 1.74. The molecule has 1 heterocycles. The molecule has 2 nitrogen and oxygen atoms in total. The van der Waals surface area contributed by atoms with Crippen LogP contribution >= 0.6 is 0 Å². The van der Waals surface area contributed by atoms with Crippen LogP contribution in [0.3, 0.4) is 0 Å². The number of hydrogen-bond acceptors (Lipinski definition) is 2. The Morgan fingerprint density at radius 2 is 1.46 bits per heavy atom. The molecule has 0 unspecified atom stereocenters. The second-order valence-electron chi connectivity index (χ2n) is 6.39. The number of hydrogen-bond donors (Lipinski definition) is 0. The third-order valence-corrected chi connectivity index (χ3v) is 4.56. The molecule has 0 N–H and O–H groups in total. The van der Waals surface area contributed by atoms with Crippen LogP contribution in [0.15, 0.2) is 65.1 Å². The molecule has 0 saturated heterocycles. The Balaban J connectivity index is 1.81. The summed E-state index contributed by atoms with van der Waals surface area (Å²) in [5.41, 5.74) is 3.28. The van der Waals surface area contributed by atoms with Crippen molar-refractivity contribution >= 4 is 33.3 Å². The zero-order valence-corrected chi connectivity index (χ0v) is 14.3. The van der Waals surface area contributed by atoms with Crippen LogP contribution in [-0.2, 0) is 6.18 Å². The van der Waals surface area contributed by atoms with Crippen LogP contribution in [0.1, 0.15) is 11.1 Å². The second-order valence-corrected chi connectivity index (χ2v) is 6.39. The highest BCUT2D eigenvalue weighted by atomic mass is 19.4. The summed E-state index contributed by atoms with van der Waals surface area (Å²) in [6, 6.07) is 16.9. The summed E-state index contributed by atoms with van der Waals surface area (Å²) in [6.45, 7) is 2.01. The molecule has 132 valence electrons. The van der Waals surface area contributed by atoms with Gasteiger partial charge in [0, 0.05) is 29.2 Å². The van der Waals surface area contributed by atoms with Gasteiger partial charge in [0.15, 0.2) is 0 Å². The van der Waals surface area contributed by atoms with Crippen LogP contribution in [0.25, 0.3) is 21.9 Å². The predicted octanol–water partition coefficient (Wildman–Crippen LogP) is 6.68. The molecule has 0 radical (unpaired) electrons. The van der Waals surface area contributed by atoms with E-state index in [1.165, 1.54) is 6.07 Å². The van der Waals surface area contributed by atoms with Crippen molar-refractivity contribution in [2.45, 2.75) is 13.1 Å². The van der Waals surface area contributed by atoms with Gasteiger partial charge in [-0.05, 0) is 55.5 Å². The molecule has 4 rings (SSSR count). The smallest absolute Gasteiger partial charge is 0.416 e. The standard InChI is InChI=1S/C21H16F3NO/c1-13-6-8-19-17(10-13)18-12-16(7-9-20(18)26-19)25(2)15-5-3-4-14(11-15)21(22,23)24/h3-12H,1-2H3. The molecule has 0 spiro atoms. The minimum absolute atomic E-state index is 0.475. The monoisotopic (exact) mass is 355 g/mol. The fourth-order valence-electron chi connectivity index (χ4n) is 3.13. The van der Waals surface area contributed by atoms with Crippen molar-refractivity contribution in [3.05, 3.63) is 71.8 Å². The van der Waals surface area contributed by atoms with Crippen molar-refractivity contribution in [2.75, 3.05) is 11.9 Å². The van der Waals surface area contributed by atoms with Crippen LogP contribution in [0.2, 0.25) is 0 Å². The Hall–Kier alpha value is -2.95. The summed E-state index contributed by atoms with van der Waals surface area (Å²) >= 11 is 0. The number of halogens is 3. The van der Waals surface area contributed by atoms with Gasteiger partial charge in [0.1, 0.15) is 11.2 Å². The molecule has 1 aromatic heterocycles. The number of benzene rings is 3. The Kier molecular flexibility index (Phi) is 3.68. The van der Waals surface area contributed by atoms with Crippen LogP contribution in [0.5, 0.6) is 0 Å². The molecule has 0 aliphatic heterocycles. The SMILES string of the molecule is Cc1ccc2oc3ccc(N(C)c4cccc(C(F)(F)F)c4)cc3c2c1. The van der Waals surface area contributed by atoms with Gasteiger partial charge in [-0.3, -0.25) is 0 Å². The van der Waals surface area contributed by atoms with E-state index in [0.717, 1.165) is 45.3 Å². The Bertz CT molecular complexity index is 1110. The Morgan fingerprint density at radius 1 is 0.808 bits per heavy atom. The molecule has 0 saturated carbocycles. The zero-order valence-electron chi connectivity index (χ0n) is 14.3. The van der Waals surface area contributed by atoms with Crippen molar-refractivity contribution in [2.24, 2.45) is 0 Å². The zero-order chi connectivity index (χ0) is 18.5. The number of fused-ring (bicyclic) bond motifs is 3. The first-order valence-corrected chi connectivity index (χ1v) is 8.17. The predicted molar refractivity (Wildman–Crippen MR) is 98.0 cm³/mol. The first-order chi connectivity index (χ1) is 12.3. The van der Waals surface area contributed by atoms with E-state index < -0.39 is 11.7 Å². The largest absolute Gasteiger partial charge is 0.456 e.